The fraction of sp³-hybridized carbons (Fsp3) is 0.611. The summed E-state index contributed by atoms with van der Waals surface area (Å²) in [6.07, 6.45) is 4.14. The molecule has 1 aromatic heterocycles. The lowest BCUT2D eigenvalue weighted by atomic mass is 10.0. The van der Waals surface area contributed by atoms with Crippen LogP contribution in [-0.4, -0.2) is 52.3 Å². The smallest absolute Gasteiger partial charge is 0.243 e. The van der Waals surface area contributed by atoms with E-state index in [2.05, 4.69) is 15.6 Å². The number of amides is 1. The molecule has 1 N–H and O–H groups in total. The number of aromatic nitrogens is 3. The first-order chi connectivity index (χ1) is 12.9. The van der Waals surface area contributed by atoms with Crippen molar-refractivity contribution in [2.75, 3.05) is 6.54 Å². The van der Waals surface area contributed by atoms with Crippen LogP contribution in [0.2, 0.25) is 0 Å². The van der Waals surface area contributed by atoms with Crippen LogP contribution in [0.15, 0.2) is 23.1 Å². The van der Waals surface area contributed by atoms with Gasteiger partial charge in [0.1, 0.15) is 11.6 Å². The first-order valence-corrected chi connectivity index (χ1v) is 11.0. The minimum Gasteiger partial charge on any atom is -0.352 e. The molecule has 0 spiro atoms. The Morgan fingerprint density at radius 2 is 2.00 bits per heavy atom. The van der Waals surface area contributed by atoms with Gasteiger partial charge >= 0.3 is 0 Å². The predicted octanol–water partition coefficient (Wildman–Crippen LogP) is 1.83. The molecule has 8 nitrogen and oxygen atoms in total. The van der Waals surface area contributed by atoms with Gasteiger partial charge in [0.2, 0.25) is 15.9 Å². The Kier molecular flexibility index (Phi) is 4.67. The molecule has 0 bridgehead atoms. The van der Waals surface area contributed by atoms with Crippen molar-refractivity contribution in [3.63, 3.8) is 0 Å². The SMILES string of the molecule is CC(C)n1nnc2cc(S(=O)(=O)N3CCCCC3C(=O)NC3CC3)ccc21. The summed E-state index contributed by atoms with van der Waals surface area (Å²) in [6, 6.07) is 4.60. The van der Waals surface area contributed by atoms with Gasteiger partial charge in [0.25, 0.3) is 0 Å². The van der Waals surface area contributed by atoms with Gasteiger partial charge in [-0.05, 0) is 57.7 Å². The van der Waals surface area contributed by atoms with Crippen LogP contribution in [0.5, 0.6) is 0 Å². The minimum absolute atomic E-state index is 0.134. The van der Waals surface area contributed by atoms with Crippen LogP contribution in [0.25, 0.3) is 11.0 Å². The number of hydrogen-bond acceptors (Lipinski definition) is 5. The van der Waals surface area contributed by atoms with E-state index in [9.17, 15) is 13.2 Å². The van der Waals surface area contributed by atoms with Crippen molar-refractivity contribution >= 4 is 27.0 Å². The van der Waals surface area contributed by atoms with Gasteiger partial charge in [-0.2, -0.15) is 4.31 Å². The molecule has 9 heteroatoms. The third-order valence-electron chi connectivity index (χ3n) is 5.22. The molecule has 27 heavy (non-hydrogen) atoms. The van der Waals surface area contributed by atoms with Crippen molar-refractivity contribution in [2.24, 2.45) is 0 Å². The molecular weight excluding hydrogens is 366 g/mol. The summed E-state index contributed by atoms with van der Waals surface area (Å²) < 4.78 is 29.7. The summed E-state index contributed by atoms with van der Waals surface area (Å²) >= 11 is 0. The number of sulfonamides is 1. The molecule has 1 aliphatic carbocycles. The number of carbonyl (C=O) groups excluding carboxylic acids is 1. The van der Waals surface area contributed by atoms with Gasteiger partial charge in [-0.3, -0.25) is 4.79 Å². The van der Waals surface area contributed by atoms with E-state index in [1.807, 2.05) is 13.8 Å². The van der Waals surface area contributed by atoms with Gasteiger partial charge < -0.3 is 5.32 Å². The molecule has 2 aromatic rings. The number of nitrogens with one attached hydrogen (secondary N) is 1. The maximum Gasteiger partial charge on any atom is 0.243 e. The number of hydrogen-bond donors (Lipinski definition) is 1. The molecule has 1 saturated heterocycles. The molecule has 1 atom stereocenters. The van der Waals surface area contributed by atoms with E-state index in [0.29, 0.717) is 18.5 Å². The van der Waals surface area contributed by atoms with Crippen molar-refractivity contribution in [3.05, 3.63) is 18.2 Å². The lowest BCUT2D eigenvalue weighted by Gasteiger charge is -2.33. The number of nitrogens with zero attached hydrogens (tertiary/aromatic N) is 4. The standard InChI is InChI=1S/C18H25N5O3S/c1-12(2)23-16-9-8-14(11-15(16)20-21-23)27(25,26)22-10-4-3-5-17(22)18(24)19-13-6-7-13/h8-9,11-13,17H,3-7,10H2,1-2H3,(H,19,24). The molecule has 1 aromatic carbocycles. The maximum atomic E-state index is 13.3. The number of rotatable bonds is 5. The molecule has 1 aliphatic heterocycles. The second-order valence-corrected chi connectivity index (χ2v) is 9.58. The summed E-state index contributed by atoms with van der Waals surface area (Å²) in [5.41, 5.74) is 1.34. The van der Waals surface area contributed by atoms with Crippen LogP contribution >= 0.6 is 0 Å². The first-order valence-electron chi connectivity index (χ1n) is 9.55. The summed E-state index contributed by atoms with van der Waals surface area (Å²) in [5, 5.41) is 11.2. The molecule has 2 aliphatic rings. The van der Waals surface area contributed by atoms with Gasteiger partial charge in [-0.1, -0.05) is 11.6 Å². The van der Waals surface area contributed by atoms with Crippen molar-refractivity contribution in [3.8, 4) is 0 Å². The van der Waals surface area contributed by atoms with E-state index in [-0.39, 0.29) is 22.9 Å². The number of fused-ring (bicyclic) bond motifs is 1. The Balaban J connectivity index is 1.66. The molecule has 2 heterocycles. The average Bonchev–Trinajstić information content (AvgIpc) is 3.36. The van der Waals surface area contributed by atoms with Gasteiger partial charge in [0, 0.05) is 18.6 Å². The third kappa shape index (κ3) is 3.45. The number of benzene rings is 1. The normalized spacial score (nSPS) is 21.7. The van der Waals surface area contributed by atoms with E-state index in [0.717, 1.165) is 31.2 Å². The van der Waals surface area contributed by atoms with Crippen LogP contribution in [0.1, 0.15) is 52.0 Å². The lowest BCUT2D eigenvalue weighted by molar-refractivity contribution is -0.125. The van der Waals surface area contributed by atoms with Crippen molar-refractivity contribution < 1.29 is 13.2 Å². The largest absolute Gasteiger partial charge is 0.352 e. The molecule has 2 fully saturated rings. The van der Waals surface area contributed by atoms with E-state index >= 15 is 0 Å². The summed E-state index contributed by atoms with van der Waals surface area (Å²) in [4.78, 5) is 12.7. The third-order valence-corrected chi connectivity index (χ3v) is 7.12. The Morgan fingerprint density at radius 3 is 2.70 bits per heavy atom. The van der Waals surface area contributed by atoms with Crippen molar-refractivity contribution in [1.82, 2.24) is 24.6 Å². The zero-order chi connectivity index (χ0) is 19.2. The second kappa shape index (κ2) is 6.87. The quantitative estimate of drug-likeness (QED) is 0.839. The zero-order valence-corrected chi connectivity index (χ0v) is 16.4. The maximum absolute atomic E-state index is 13.3. The molecule has 1 saturated carbocycles. The van der Waals surface area contributed by atoms with E-state index in [1.165, 1.54) is 4.31 Å². The lowest BCUT2D eigenvalue weighted by Crippen LogP contribution is -2.52. The molecular formula is C18H25N5O3S. The molecule has 0 radical (unpaired) electrons. The zero-order valence-electron chi connectivity index (χ0n) is 15.6. The van der Waals surface area contributed by atoms with Crippen molar-refractivity contribution in [2.45, 2.75) is 69.0 Å². The first kappa shape index (κ1) is 18.4. The van der Waals surface area contributed by atoms with Crippen LogP contribution in [0.4, 0.5) is 0 Å². The van der Waals surface area contributed by atoms with Crippen LogP contribution in [-0.2, 0) is 14.8 Å². The summed E-state index contributed by atoms with van der Waals surface area (Å²) in [5.74, 6) is -0.174. The molecule has 4 rings (SSSR count). The summed E-state index contributed by atoms with van der Waals surface area (Å²) in [6.45, 7) is 4.35. The van der Waals surface area contributed by atoms with Gasteiger partial charge in [0.15, 0.2) is 0 Å². The molecule has 146 valence electrons. The highest BCUT2D eigenvalue weighted by atomic mass is 32.2. The fourth-order valence-electron chi connectivity index (χ4n) is 3.58. The topological polar surface area (TPSA) is 97.2 Å². The minimum atomic E-state index is -3.78. The van der Waals surface area contributed by atoms with Crippen LogP contribution in [0, 0.1) is 0 Å². The van der Waals surface area contributed by atoms with E-state index in [4.69, 9.17) is 0 Å². The van der Waals surface area contributed by atoms with Crippen LogP contribution < -0.4 is 5.32 Å². The summed E-state index contributed by atoms with van der Waals surface area (Å²) in [7, 11) is -3.78. The van der Waals surface area contributed by atoms with Gasteiger partial charge in [-0.15, -0.1) is 5.10 Å². The van der Waals surface area contributed by atoms with Crippen LogP contribution in [0.3, 0.4) is 0 Å². The fourth-order valence-corrected chi connectivity index (χ4v) is 5.26. The van der Waals surface area contributed by atoms with Gasteiger partial charge in [0.05, 0.1) is 10.4 Å². The Hall–Kier alpha value is -2.00. The Labute approximate surface area is 159 Å². The number of carbonyl (C=O) groups is 1. The Bertz CT molecular complexity index is 965. The average molecular weight is 391 g/mol. The molecule has 1 unspecified atom stereocenters. The number of piperidine rings is 1. The van der Waals surface area contributed by atoms with Gasteiger partial charge in [-0.25, -0.2) is 13.1 Å². The van der Waals surface area contributed by atoms with E-state index in [1.54, 1.807) is 22.9 Å². The monoisotopic (exact) mass is 391 g/mol. The highest BCUT2D eigenvalue weighted by molar-refractivity contribution is 7.89. The molecule has 1 amide bonds. The highest BCUT2D eigenvalue weighted by Crippen LogP contribution is 2.28. The van der Waals surface area contributed by atoms with Crippen molar-refractivity contribution in [1.29, 1.82) is 0 Å². The van der Waals surface area contributed by atoms with E-state index < -0.39 is 16.1 Å². The predicted molar refractivity (Wildman–Crippen MR) is 101 cm³/mol. The second-order valence-electron chi connectivity index (χ2n) is 7.69. The Morgan fingerprint density at radius 1 is 1.22 bits per heavy atom. The highest BCUT2D eigenvalue weighted by Gasteiger charge is 2.39.